The summed E-state index contributed by atoms with van der Waals surface area (Å²) >= 11 is 0. The molecule has 0 aromatic rings. The number of amides is 3. The molecule has 0 saturated carbocycles. The standard InChI is InChI=1S/C21H36N4O7/c1-11(2)10-14(18(28)23-13(21(31)32)7-8-16(26)27)24-19(29)15-6-5-9-25(15)20(30)17(22)12(3)4/h11-15,17H,5-10,22H2,1-4H3,(H,23,28)(H,24,29)(H,26,27)(H,31,32). The molecule has 11 nitrogen and oxygen atoms in total. The van der Waals surface area contributed by atoms with Gasteiger partial charge >= 0.3 is 11.9 Å². The molecule has 1 fully saturated rings. The number of hydrogen-bond acceptors (Lipinski definition) is 6. The van der Waals surface area contributed by atoms with Gasteiger partial charge in [-0.15, -0.1) is 0 Å². The highest BCUT2D eigenvalue weighted by Crippen LogP contribution is 2.20. The summed E-state index contributed by atoms with van der Waals surface area (Å²) in [6, 6.07) is -3.90. The predicted molar refractivity (Wildman–Crippen MR) is 115 cm³/mol. The second kappa shape index (κ2) is 12.4. The minimum Gasteiger partial charge on any atom is -0.481 e. The maximum Gasteiger partial charge on any atom is 0.326 e. The lowest BCUT2D eigenvalue weighted by molar-refractivity contribution is -0.144. The minimum atomic E-state index is -1.39. The quantitative estimate of drug-likeness (QED) is 0.270. The second-order valence-electron chi connectivity index (χ2n) is 8.98. The Balaban J connectivity index is 2.92. The summed E-state index contributed by atoms with van der Waals surface area (Å²) in [6.45, 7) is 7.73. The molecular weight excluding hydrogens is 420 g/mol. The summed E-state index contributed by atoms with van der Waals surface area (Å²) in [5, 5.41) is 23.1. The van der Waals surface area contributed by atoms with Gasteiger partial charge in [-0.05, 0) is 37.5 Å². The van der Waals surface area contributed by atoms with Crippen molar-refractivity contribution >= 4 is 29.7 Å². The molecule has 0 aliphatic carbocycles. The van der Waals surface area contributed by atoms with Crippen molar-refractivity contribution in [3.63, 3.8) is 0 Å². The van der Waals surface area contributed by atoms with E-state index in [1.54, 1.807) is 0 Å². The number of carboxylic acids is 2. The molecule has 6 N–H and O–H groups in total. The van der Waals surface area contributed by atoms with Crippen molar-refractivity contribution in [1.82, 2.24) is 15.5 Å². The first-order valence-corrected chi connectivity index (χ1v) is 11.0. The average molecular weight is 457 g/mol. The van der Waals surface area contributed by atoms with E-state index >= 15 is 0 Å². The summed E-state index contributed by atoms with van der Waals surface area (Å²) < 4.78 is 0. The van der Waals surface area contributed by atoms with Crippen LogP contribution in [0.4, 0.5) is 0 Å². The Labute approximate surface area is 188 Å². The molecule has 3 amide bonds. The van der Waals surface area contributed by atoms with Gasteiger partial charge in [0.1, 0.15) is 18.1 Å². The van der Waals surface area contributed by atoms with Crippen LogP contribution in [0.25, 0.3) is 0 Å². The van der Waals surface area contributed by atoms with Crippen molar-refractivity contribution in [3.8, 4) is 0 Å². The van der Waals surface area contributed by atoms with Crippen molar-refractivity contribution in [3.05, 3.63) is 0 Å². The third-order valence-corrected chi connectivity index (χ3v) is 5.44. The van der Waals surface area contributed by atoms with Gasteiger partial charge in [0.15, 0.2) is 0 Å². The Hall–Kier alpha value is -2.69. The van der Waals surface area contributed by atoms with Crippen molar-refractivity contribution in [1.29, 1.82) is 0 Å². The van der Waals surface area contributed by atoms with E-state index in [1.165, 1.54) is 4.90 Å². The van der Waals surface area contributed by atoms with Crippen LogP contribution in [0.3, 0.4) is 0 Å². The lowest BCUT2D eigenvalue weighted by Gasteiger charge is -2.30. The van der Waals surface area contributed by atoms with Gasteiger partial charge in [-0.25, -0.2) is 4.79 Å². The number of carbonyl (C=O) groups excluding carboxylic acids is 3. The van der Waals surface area contributed by atoms with Crippen molar-refractivity contribution in [2.75, 3.05) is 6.54 Å². The Morgan fingerprint density at radius 3 is 2.16 bits per heavy atom. The zero-order valence-corrected chi connectivity index (χ0v) is 19.2. The van der Waals surface area contributed by atoms with Crippen molar-refractivity contribution in [2.24, 2.45) is 17.6 Å². The topological polar surface area (TPSA) is 179 Å². The molecule has 182 valence electrons. The first kappa shape index (κ1) is 27.3. The van der Waals surface area contributed by atoms with E-state index in [-0.39, 0.29) is 30.6 Å². The van der Waals surface area contributed by atoms with Gasteiger partial charge in [-0.1, -0.05) is 27.7 Å². The summed E-state index contributed by atoms with van der Waals surface area (Å²) in [5.41, 5.74) is 5.97. The number of hydrogen-bond donors (Lipinski definition) is 5. The summed E-state index contributed by atoms with van der Waals surface area (Å²) in [5.74, 6) is -4.15. The molecule has 1 saturated heterocycles. The molecule has 0 aromatic heterocycles. The number of likely N-dealkylation sites (tertiary alicyclic amines) is 1. The van der Waals surface area contributed by atoms with Crippen molar-refractivity contribution < 1.29 is 34.2 Å². The largest absolute Gasteiger partial charge is 0.481 e. The number of carbonyl (C=O) groups is 5. The van der Waals surface area contributed by atoms with Gasteiger partial charge in [0, 0.05) is 13.0 Å². The number of aliphatic carboxylic acids is 2. The zero-order chi connectivity index (χ0) is 24.6. The van der Waals surface area contributed by atoms with Crippen LogP contribution in [0, 0.1) is 11.8 Å². The summed E-state index contributed by atoms with van der Waals surface area (Å²) in [6.07, 6.45) is 0.611. The van der Waals surface area contributed by atoms with Crippen LogP contribution in [0.1, 0.15) is 59.8 Å². The van der Waals surface area contributed by atoms with E-state index in [1.807, 2.05) is 27.7 Å². The number of nitrogens with one attached hydrogen (secondary N) is 2. The van der Waals surface area contributed by atoms with E-state index in [4.69, 9.17) is 10.8 Å². The fourth-order valence-corrected chi connectivity index (χ4v) is 3.55. The van der Waals surface area contributed by atoms with Crippen LogP contribution < -0.4 is 16.4 Å². The van der Waals surface area contributed by atoms with E-state index in [2.05, 4.69) is 10.6 Å². The Morgan fingerprint density at radius 1 is 1.03 bits per heavy atom. The van der Waals surface area contributed by atoms with Gasteiger partial charge in [0.05, 0.1) is 6.04 Å². The van der Waals surface area contributed by atoms with Gasteiger partial charge in [0.2, 0.25) is 17.7 Å². The fraction of sp³-hybridized carbons (Fsp3) is 0.762. The van der Waals surface area contributed by atoms with Crippen LogP contribution in [0.5, 0.6) is 0 Å². The molecule has 4 atom stereocenters. The first-order chi connectivity index (χ1) is 14.8. The maximum atomic E-state index is 13.0. The maximum absolute atomic E-state index is 13.0. The lowest BCUT2D eigenvalue weighted by Crippen LogP contribution is -2.57. The molecule has 0 bridgehead atoms. The SMILES string of the molecule is CC(C)CC(NC(=O)C1CCCN1C(=O)C(N)C(C)C)C(=O)NC(CCC(=O)O)C(=O)O. The monoisotopic (exact) mass is 456 g/mol. The van der Waals surface area contributed by atoms with Gasteiger partial charge in [-0.2, -0.15) is 0 Å². The van der Waals surface area contributed by atoms with Gasteiger partial charge in [-0.3, -0.25) is 19.2 Å². The average Bonchev–Trinajstić information content (AvgIpc) is 3.18. The molecule has 0 aromatic carbocycles. The number of nitrogens with zero attached hydrogens (tertiary/aromatic N) is 1. The van der Waals surface area contributed by atoms with E-state index in [9.17, 15) is 29.1 Å². The summed E-state index contributed by atoms with van der Waals surface area (Å²) in [4.78, 5) is 62.0. The molecule has 0 radical (unpaired) electrons. The molecule has 11 heteroatoms. The number of nitrogens with two attached hydrogens (primary N) is 1. The van der Waals surface area contributed by atoms with Crippen LogP contribution in [0.15, 0.2) is 0 Å². The molecule has 1 rings (SSSR count). The Morgan fingerprint density at radius 2 is 1.66 bits per heavy atom. The molecule has 32 heavy (non-hydrogen) atoms. The van der Waals surface area contributed by atoms with Crippen LogP contribution >= 0.6 is 0 Å². The van der Waals surface area contributed by atoms with Crippen molar-refractivity contribution in [2.45, 2.75) is 84.0 Å². The highest BCUT2D eigenvalue weighted by Gasteiger charge is 2.38. The number of rotatable bonds is 12. The molecule has 0 spiro atoms. The van der Waals surface area contributed by atoms with Gasteiger partial charge in [0.25, 0.3) is 0 Å². The smallest absolute Gasteiger partial charge is 0.326 e. The third kappa shape index (κ3) is 8.10. The van der Waals surface area contributed by atoms with Crippen LogP contribution in [-0.2, 0) is 24.0 Å². The number of carboxylic acid groups (broad SMARTS) is 2. The third-order valence-electron chi connectivity index (χ3n) is 5.44. The van der Waals surface area contributed by atoms with Crippen LogP contribution in [-0.4, -0.2) is 75.5 Å². The first-order valence-electron chi connectivity index (χ1n) is 11.0. The van der Waals surface area contributed by atoms with Gasteiger partial charge < -0.3 is 31.5 Å². The predicted octanol–water partition coefficient (Wildman–Crippen LogP) is -0.0742. The highest BCUT2D eigenvalue weighted by atomic mass is 16.4. The van der Waals surface area contributed by atoms with E-state index in [0.29, 0.717) is 19.4 Å². The Bertz CT molecular complexity index is 710. The van der Waals surface area contributed by atoms with E-state index < -0.39 is 54.3 Å². The fourth-order valence-electron chi connectivity index (χ4n) is 3.55. The second-order valence-corrected chi connectivity index (χ2v) is 8.98. The molecule has 4 unspecified atom stereocenters. The molecular formula is C21H36N4O7. The summed E-state index contributed by atoms with van der Waals surface area (Å²) in [7, 11) is 0. The zero-order valence-electron chi connectivity index (χ0n) is 19.2. The normalized spacial score (nSPS) is 18.8. The molecule has 1 aliphatic rings. The van der Waals surface area contributed by atoms with Crippen LogP contribution in [0.2, 0.25) is 0 Å². The minimum absolute atomic E-state index is 0.00373. The molecule has 1 heterocycles. The van der Waals surface area contributed by atoms with E-state index in [0.717, 1.165) is 0 Å². The molecule has 1 aliphatic heterocycles. The highest BCUT2D eigenvalue weighted by molar-refractivity contribution is 5.94. The Kier molecular flexibility index (Phi) is 10.6. The lowest BCUT2D eigenvalue weighted by atomic mass is 10.0.